The fourth-order valence-corrected chi connectivity index (χ4v) is 2.46. The van der Waals surface area contributed by atoms with E-state index in [2.05, 4.69) is 76.7 Å². The van der Waals surface area contributed by atoms with Gasteiger partial charge in [0.2, 0.25) is 0 Å². The summed E-state index contributed by atoms with van der Waals surface area (Å²) in [4.78, 5) is 0. The highest BCUT2D eigenvalue weighted by Crippen LogP contribution is 2.32. The number of anilines is 1. The minimum Gasteiger partial charge on any atom is -0.398 e. The Morgan fingerprint density at radius 1 is 1.00 bits per heavy atom. The molecule has 0 amide bonds. The lowest BCUT2D eigenvalue weighted by Gasteiger charge is -2.15. The first-order chi connectivity index (χ1) is 9.90. The molecule has 1 unspecified atom stereocenters. The number of allylic oxidation sites excluding steroid dienone is 1. The van der Waals surface area contributed by atoms with Crippen LogP contribution in [-0.2, 0) is 0 Å². The quantitative estimate of drug-likeness (QED) is 0.560. The lowest BCUT2D eigenvalue weighted by atomic mass is 9.91. The Morgan fingerprint density at radius 2 is 1.71 bits per heavy atom. The Hall–Kier alpha value is -2.02. The highest BCUT2D eigenvalue weighted by molar-refractivity contribution is 5.77. The molecule has 1 heteroatoms. The smallest absolute Gasteiger partial charge is 0.0396 e. The van der Waals surface area contributed by atoms with Crippen molar-refractivity contribution < 1.29 is 0 Å². The maximum Gasteiger partial charge on any atom is 0.0396 e. The van der Waals surface area contributed by atoms with Crippen molar-refractivity contribution in [2.24, 2.45) is 0 Å². The number of rotatable bonds is 4. The molecule has 1 atom stereocenters. The fraction of sp³-hybridized carbons (Fsp3) is 0.300. The predicted molar refractivity (Wildman–Crippen MR) is 93.6 cm³/mol. The van der Waals surface area contributed by atoms with Crippen molar-refractivity contribution in [3.05, 3.63) is 65.7 Å². The van der Waals surface area contributed by atoms with E-state index >= 15 is 0 Å². The maximum atomic E-state index is 6.29. The molecule has 0 bridgehead atoms. The van der Waals surface area contributed by atoms with Gasteiger partial charge < -0.3 is 5.73 Å². The van der Waals surface area contributed by atoms with Crippen LogP contribution in [0.4, 0.5) is 5.69 Å². The topological polar surface area (TPSA) is 26.0 Å². The van der Waals surface area contributed by atoms with Crippen LogP contribution in [0.5, 0.6) is 0 Å². The zero-order valence-corrected chi connectivity index (χ0v) is 13.5. The van der Waals surface area contributed by atoms with Gasteiger partial charge in [0.25, 0.3) is 0 Å². The third-order valence-electron chi connectivity index (χ3n) is 4.18. The monoisotopic (exact) mass is 279 g/mol. The molecule has 1 nitrogen and oxygen atoms in total. The molecule has 2 aromatic carbocycles. The summed E-state index contributed by atoms with van der Waals surface area (Å²) >= 11 is 0. The molecule has 0 spiro atoms. The molecule has 0 aliphatic rings. The van der Waals surface area contributed by atoms with Gasteiger partial charge in [0.05, 0.1) is 0 Å². The average molecular weight is 279 g/mol. The van der Waals surface area contributed by atoms with Crippen LogP contribution in [0.15, 0.2) is 54.6 Å². The first kappa shape index (κ1) is 15.4. The number of hydrogen-bond donors (Lipinski definition) is 1. The Balaban J connectivity index is 2.42. The van der Waals surface area contributed by atoms with E-state index in [1.807, 2.05) is 0 Å². The van der Waals surface area contributed by atoms with E-state index in [1.165, 1.54) is 16.7 Å². The van der Waals surface area contributed by atoms with E-state index in [9.17, 15) is 0 Å². The Labute approximate surface area is 128 Å². The van der Waals surface area contributed by atoms with Gasteiger partial charge in [-0.1, -0.05) is 69.3 Å². The van der Waals surface area contributed by atoms with Crippen molar-refractivity contribution in [2.75, 3.05) is 5.73 Å². The van der Waals surface area contributed by atoms with E-state index in [0.29, 0.717) is 11.8 Å². The Bertz CT molecular complexity index is 653. The standard InChI is InChI=1S/C20H25N/c1-13(2)15(5)17-9-10-19(20(21)12-17)18-8-6-7-16(11-18)14(3)4/h6-12,14-15H,1,21H2,2-5H3. The summed E-state index contributed by atoms with van der Waals surface area (Å²) in [6.45, 7) is 12.7. The van der Waals surface area contributed by atoms with Crippen LogP contribution in [0.3, 0.4) is 0 Å². The molecule has 2 rings (SSSR count). The molecule has 0 heterocycles. The molecule has 0 radical (unpaired) electrons. The number of nitrogens with two attached hydrogens (primary N) is 1. The molecular formula is C20H25N. The van der Waals surface area contributed by atoms with E-state index in [0.717, 1.165) is 16.8 Å². The second-order valence-corrected chi connectivity index (χ2v) is 6.19. The van der Waals surface area contributed by atoms with Gasteiger partial charge in [-0.25, -0.2) is 0 Å². The molecule has 0 aromatic heterocycles. The van der Waals surface area contributed by atoms with E-state index in [-0.39, 0.29) is 0 Å². The summed E-state index contributed by atoms with van der Waals surface area (Å²) in [7, 11) is 0. The average Bonchev–Trinajstić information content (AvgIpc) is 2.46. The highest BCUT2D eigenvalue weighted by atomic mass is 14.6. The first-order valence-electron chi connectivity index (χ1n) is 7.55. The van der Waals surface area contributed by atoms with Gasteiger partial charge in [0, 0.05) is 17.2 Å². The molecule has 2 aromatic rings. The van der Waals surface area contributed by atoms with Gasteiger partial charge in [-0.3, -0.25) is 0 Å². The molecule has 0 saturated carbocycles. The van der Waals surface area contributed by atoms with Gasteiger partial charge in [0.1, 0.15) is 0 Å². The van der Waals surface area contributed by atoms with Crippen molar-refractivity contribution in [3.63, 3.8) is 0 Å². The van der Waals surface area contributed by atoms with Crippen LogP contribution in [-0.4, -0.2) is 0 Å². The maximum absolute atomic E-state index is 6.29. The van der Waals surface area contributed by atoms with Gasteiger partial charge in [-0.05, 0) is 35.6 Å². The minimum atomic E-state index is 0.336. The molecule has 110 valence electrons. The fourth-order valence-electron chi connectivity index (χ4n) is 2.46. The van der Waals surface area contributed by atoms with Crippen LogP contribution < -0.4 is 5.73 Å². The van der Waals surface area contributed by atoms with Gasteiger partial charge in [-0.15, -0.1) is 0 Å². The predicted octanol–water partition coefficient (Wildman–Crippen LogP) is 5.74. The first-order valence-corrected chi connectivity index (χ1v) is 7.55. The van der Waals surface area contributed by atoms with E-state index in [4.69, 9.17) is 5.73 Å². The second kappa shape index (κ2) is 6.17. The van der Waals surface area contributed by atoms with Crippen molar-refractivity contribution in [2.45, 2.75) is 39.5 Å². The molecule has 0 aliphatic heterocycles. The molecule has 0 saturated heterocycles. The lowest BCUT2D eigenvalue weighted by Crippen LogP contribution is -1.98. The van der Waals surface area contributed by atoms with Crippen molar-refractivity contribution in [3.8, 4) is 11.1 Å². The van der Waals surface area contributed by atoms with Crippen molar-refractivity contribution in [1.29, 1.82) is 0 Å². The summed E-state index contributed by atoms with van der Waals surface area (Å²) in [6.07, 6.45) is 0. The summed E-state index contributed by atoms with van der Waals surface area (Å²) in [6, 6.07) is 15.0. The largest absolute Gasteiger partial charge is 0.398 e. The van der Waals surface area contributed by atoms with Gasteiger partial charge in [-0.2, -0.15) is 0 Å². The molecule has 2 N–H and O–H groups in total. The molecule has 21 heavy (non-hydrogen) atoms. The van der Waals surface area contributed by atoms with E-state index in [1.54, 1.807) is 0 Å². The molecule has 0 aliphatic carbocycles. The lowest BCUT2D eigenvalue weighted by molar-refractivity contribution is 0.867. The highest BCUT2D eigenvalue weighted by Gasteiger charge is 2.10. The van der Waals surface area contributed by atoms with Gasteiger partial charge in [0.15, 0.2) is 0 Å². The number of nitrogen functional groups attached to an aromatic ring is 1. The summed E-state index contributed by atoms with van der Waals surface area (Å²) in [5, 5.41) is 0. The summed E-state index contributed by atoms with van der Waals surface area (Å²) < 4.78 is 0. The number of benzene rings is 2. The summed E-state index contributed by atoms with van der Waals surface area (Å²) in [5.74, 6) is 0.859. The zero-order valence-electron chi connectivity index (χ0n) is 13.5. The second-order valence-electron chi connectivity index (χ2n) is 6.19. The van der Waals surface area contributed by atoms with Crippen molar-refractivity contribution >= 4 is 5.69 Å². The SMILES string of the molecule is C=C(C)C(C)c1ccc(-c2cccc(C(C)C)c2)c(N)c1. The summed E-state index contributed by atoms with van der Waals surface area (Å²) in [5.41, 5.74) is 13.1. The van der Waals surface area contributed by atoms with Crippen LogP contribution in [0, 0.1) is 0 Å². The normalized spacial score (nSPS) is 12.4. The van der Waals surface area contributed by atoms with Crippen LogP contribution >= 0.6 is 0 Å². The number of hydrogen-bond acceptors (Lipinski definition) is 1. The minimum absolute atomic E-state index is 0.336. The van der Waals surface area contributed by atoms with Crippen LogP contribution in [0.1, 0.15) is 50.7 Å². The van der Waals surface area contributed by atoms with Crippen LogP contribution in [0.25, 0.3) is 11.1 Å². The third-order valence-corrected chi connectivity index (χ3v) is 4.18. The van der Waals surface area contributed by atoms with Crippen LogP contribution in [0.2, 0.25) is 0 Å². The third kappa shape index (κ3) is 3.36. The Morgan fingerprint density at radius 3 is 2.29 bits per heavy atom. The molecule has 0 fully saturated rings. The van der Waals surface area contributed by atoms with Gasteiger partial charge >= 0.3 is 0 Å². The molecular weight excluding hydrogens is 254 g/mol. The van der Waals surface area contributed by atoms with E-state index < -0.39 is 0 Å². The Kier molecular flexibility index (Phi) is 4.52. The zero-order chi connectivity index (χ0) is 15.6. The van der Waals surface area contributed by atoms with Crippen molar-refractivity contribution in [1.82, 2.24) is 0 Å².